The average molecular weight is 702 g/mol. The summed E-state index contributed by atoms with van der Waals surface area (Å²) in [5.41, 5.74) is 7.58. The number of methoxy groups -OCH3 is 1. The van der Waals surface area contributed by atoms with Crippen LogP contribution in [0.2, 0.25) is 5.02 Å². The molecule has 3 heterocycles. The van der Waals surface area contributed by atoms with Gasteiger partial charge in [-0.3, -0.25) is 9.58 Å². The van der Waals surface area contributed by atoms with E-state index in [2.05, 4.69) is 34.4 Å². The van der Waals surface area contributed by atoms with Crippen molar-refractivity contribution < 1.29 is 19.0 Å². The van der Waals surface area contributed by atoms with Gasteiger partial charge in [0.15, 0.2) is 0 Å². The first-order chi connectivity index (χ1) is 23.8. The van der Waals surface area contributed by atoms with Gasteiger partial charge in [-0.15, -0.1) is 0 Å². The van der Waals surface area contributed by atoms with Crippen LogP contribution in [0.5, 0.6) is 11.5 Å². The smallest absolute Gasteiger partial charge is 0.355 e. The summed E-state index contributed by atoms with van der Waals surface area (Å²) in [4.78, 5) is 16.8. The minimum absolute atomic E-state index is 0.339. The van der Waals surface area contributed by atoms with E-state index in [1.807, 2.05) is 76.7 Å². The summed E-state index contributed by atoms with van der Waals surface area (Å²) >= 11 is 7.11. The molecule has 1 saturated heterocycles. The molecule has 5 rings (SSSR count). The maximum Gasteiger partial charge on any atom is 0.355 e. The Bertz CT molecular complexity index is 1890. The first-order valence-electron chi connectivity index (χ1n) is 17.5. The summed E-state index contributed by atoms with van der Waals surface area (Å²) in [6, 6.07) is 7.90. The van der Waals surface area contributed by atoms with Gasteiger partial charge in [-0.25, -0.2) is 4.79 Å². The molecule has 50 heavy (non-hydrogen) atoms. The van der Waals surface area contributed by atoms with Gasteiger partial charge in [0.05, 0.1) is 29.9 Å². The van der Waals surface area contributed by atoms with E-state index < -0.39 is 5.60 Å². The maximum atomic E-state index is 14.3. The van der Waals surface area contributed by atoms with E-state index in [0.717, 1.165) is 94.3 Å². The molecule has 0 aliphatic carbocycles. The zero-order valence-electron chi connectivity index (χ0n) is 30.9. The molecule has 0 spiro atoms. The molecule has 1 fully saturated rings. The van der Waals surface area contributed by atoms with Gasteiger partial charge in [0, 0.05) is 74.6 Å². The van der Waals surface area contributed by atoms with E-state index >= 15 is 0 Å². The van der Waals surface area contributed by atoms with Crippen LogP contribution in [-0.2, 0) is 24.8 Å². The lowest BCUT2D eigenvalue weighted by atomic mass is 9.98. The zero-order valence-corrected chi connectivity index (χ0v) is 31.7. The number of rotatable bonds is 13. The average Bonchev–Trinajstić information content (AvgIpc) is 3.52. The van der Waals surface area contributed by atoms with Crippen LogP contribution in [0.15, 0.2) is 43.0 Å². The van der Waals surface area contributed by atoms with Gasteiger partial charge in [-0.05, 0) is 83.2 Å². The number of piperazine rings is 1. The van der Waals surface area contributed by atoms with E-state index in [0.29, 0.717) is 36.7 Å². The van der Waals surface area contributed by atoms with Crippen LogP contribution < -0.4 is 14.8 Å². The highest BCUT2D eigenvalue weighted by atomic mass is 35.5. The van der Waals surface area contributed by atoms with Crippen molar-refractivity contribution in [1.29, 1.82) is 0 Å². The van der Waals surface area contributed by atoms with E-state index in [4.69, 9.17) is 30.9 Å². The van der Waals surface area contributed by atoms with E-state index in [1.54, 1.807) is 13.2 Å². The van der Waals surface area contributed by atoms with Crippen molar-refractivity contribution in [3.8, 4) is 22.6 Å². The fourth-order valence-electron chi connectivity index (χ4n) is 6.81. The second-order valence-electron chi connectivity index (χ2n) is 13.9. The minimum Gasteiger partial charge on any atom is -0.497 e. The summed E-state index contributed by atoms with van der Waals surface area (Å²) in [6.45, 7) is 21.3. The number of nitrogens with zero attached hydrogens (tertiary/aromatic N) is 4. The predicted octanol–water partition coefficient (Wildman–Crippen LogP) is 7.70. The van der Waals surface area contributed by atoms with Gasteiger partial charge >= 0.3 is 5.97 Å². The van der Waals surface area contributed by atoms with Gasteiger partial charge in [0.25, 0.3) is 0 Å². The van der Waals surface area contributed by atoms with Crippen molar-refractivity contribution in [1.82, 2.24) is 24.6 Å². The third-order valence-electron chi connectivity index (χ3n) is 9.33. The molecule has 10 heteroatoms. The fourth-order valence-corrected chi connectivity index (χ4v) is 7.05. The van der Waals surface area contributed by atoms with E-state index in [-0.39, 0.29) is 5.97 Å². The van der Waals surface area contributed by atoms with Crippen molar-refractivity contribution in [2.24, 2.45) is 7.05 Å². The van der Waals surface area contributed by atoms with Crippen LogP contribution >= 0.6 is 11.6 Å². The van der Waals surface area contributed by atoms with Crippen molar-refractivity contribution in [3.63, 3.8) is 0 Å². The summed E-state index contributed by atoms with van der Waals surface area (Å²) in [6.07, 6.45) is 6.91. The quantitative estimate of drug-likeness (QED) is 0.0869. The number of nitrogens with one attached hydrogen (secondary N) is 1. The first kappa shape index (κ1) is 37.2. The molecule has 0 amide bonds. The molecule has 0 unspecified atom stereocenters. The molecule has 1 aliphatic heterocycles. The Balaban J connectivity index is 1.61. The molecule has 2 aromatic heterocycles. The molecule has 0 bridgehead atoms. The van der Waals surface area contributed by atoms with Crippen molar-refractivity contribution >= 4 is 34.5 Å². The second-order valence-corrected chi connectivity index (χ2v) is 14.4. The van der Waals surface area contributed by atoms with Crippen LogP contribution in [0.25, 0.3) is 28.1 Å². The summed E-state index contributed by atoms with van der Waals surface area (Å²) in [7, 11) is 3.60. The minimum atomic E-state index is -0.671. The maximum absolute atomic E-state index is 14.3. The second kappa shape index (κ2) is 15.9. The molecule has 1 N–H and O–H groups in total. The molecule has 0 atom stereocenters. The Morgan fingerprint density at radius 1 is 1.10 bits per heavy atom. The van der Waals surface area contributed by atoms with E-state index in [9.17, 15) is 4.79 Å². The number of ether oxygens (including phenoxy) is 3. The van der Waals surface area contributed by atoms with Crippen LogP contribution in [0.3, 0.4) is 0 Å². The molecule has 0 radical (unpaired) electrons. The Morgan fingerprint density at radius 2 is 1.84 bits per heavy atom. The number of carbonyl (C=O) groups is 1. The number of fused-ring (bicyclic) bond motifs is 1. The summed E-state index contributed by atoms with van der Waals surface area (Å²) in [5.74, 6) is 1.14. The first-order valence-corrected chi connectivity index (χ1v) is 17.8. The molecule has 9 nitrogen and oxygen atoms in total. The Morgan fingerprint density at radius 3 is 2.48 bits per heavy atom. The van der Waals surface area contributed by atoms with Gasteiger partial charge in [-0.2, -0.15) is 5.10 Å². The third-order valence-corrected chi connectivity index (χ3v) is 9.64. The van der Waals surface area contributed by atoms with Crippen molar-refractivity contribution in [2.45, 2.75) is 66.5 Å². The molecule has 268 valence electrons. The molecule has 0 saturated carbocycles. The molecule has 1 aliphatic rings. The van der Waals surface area contributed by atoms with Crippen molar-refractivity contribution in [3.05, 3.63) is 81.8 Å². The lowest BCUT2D eigenvalue weighted by Gasteiger charge is -2.28. The van der Waals surface area contributed by atoms with Crippen LogP contribution in [0, 0.1) is 20.8 Å². The molecule has 2 aromatic carbocycles. The fraction of sp³-hybridized carbons (Fsp3) is 0.450. The van der Waals surface area contributed by atoms with Crippen LogP contribution in [-0.4, -0.2) is 77.3 Å². The van der Waals surface area contributed by atoms with Gasteiger partial charge in [-0.1, -0.05) is 42.5 Å². The molecule has 4 aromatic rings. The zero-order chi connectivity index (χ0) is 36.2. The number of benzene rings is 2. The Kier molecular flexibility index (Phi) is 11.8. The SMILES string of the molecule is C=C/C=C\c1cc(OC)cc(OCCCc2c(C(=O)OC(C)(C)C)n(CCN3CCNCC3)c3c(-c4c(C)nn(C)c4C)c(Cl)ccc23)c1C. The Hall–Kier alpha value is -4.05. The summed E-state index contributed by atoms with van der Waals surface area (Å²) < 4.78 is 22.1. The number of aryl methyl sites for hydroxylation is 3. The van der Waals surface area contributed by atoms with Crippen LogP contribution in [0.1, 0.15) is 65.8 Å². The number of aromatic nitrogens is 3. The number of hydrogen-bond donors (Lipinski definition) is 1. The molecular weight excluding hydrogens is 650 g/mol. The van der Waals surface area contributed by atoms with Gasteiger partial charge in [0.2, 0.25) is 0 Å². The topological polar surface area (TPSA) is 82.8 Å². The van der Waals surface area contributed by atoms with Crippen LogP contribution in [0.4, 0.5) is 0 Å². The van der Waals surface area contributed by atoms with Crippen molar-refractivity contribution in [2.75, 3.05) is 46.4 Å². The number of allylic oxidation sites excluding steroid dienone is 2. The molecular formula is C40H52ClN5O4. The highest BCUT2D eigenvalue weighted by molar-refractivity contribution is 6.35. The van der Waals surface area contributed by atoms with Gasteiger partial charge < -0.3 is 24.1 Å². The number of esters is 1. The number of halogens is 1. The standard InChI is InChI=1S/C40H52ClN5O4/c1-10-11-13-29-24-30(48-9)25-34(26(29)2)49-23-12-14-31-32-15-16-33(41)36(35-27(3)43-44(8)28(35)4)37(32)46(22-21-45-19-17-42-18-20-45)38(31)39(47)50-40(5,6)7/h10-11,13,15-16,24-25,42H,1,12,14,17-23H2,2-9H3/b13-11-. The highest BCUT2D eigenvalue weighted by Crippen LogP contribution is 2.42. The summed E-state index contributed by atoms with van der Waals surface area (Å²) in [5, 5.41) is 9.79. The lowest BCUT2D eigenvalue weighted by molar-refractivity contribution is 0.00561. The highest BCUT2D eigenvalue weighted by Gasteiger charge is 2.31. The monoisotopic (exact) mass is 701 g/mol. The lowest BCUT2D eigenvalue weighted by Crippen LogP contribution is -2.44. The predicted molar refractivity (Wildman–Crippen MR) is 204 cm³/mol. The third kappa shape index (κ3) is 8.12. The Labute approximate surface area is 301 Å². The normalized spacial score (nSPS) is 14.1. The van der Waals surface area contributed by atoms with E-state index in [1.165, 1.54) is 0 Å². The number of hydrogen-bond acceptors (Lipinski definition) is 7. The largest absolute Gasteiger partial charge is 0.497 e. The number of carbonyl (C=O) groups excluding carboxylic acids is 1. The van der Waals surface area contributed by atoms with Gasteiger partial charge in [0.1, 0.15) is 22.8 Å².